The van der Waals surface area contributed by atoms with Crippen LogP contribution >= 0.6 is 11.3 Å². The monoisotopic (exact) mass is 264 g/mol. The van der Waals surface area contributed by atoms with Crippen molar-refractivity contribution in [2.45, 2.75) is 39.2 Å². The number of rotatable bonds is 6. The Morgan fingerprint density at radius 3 is 2.89 bits per heavy atom. The molecule has 5 heteroatoms. The molecule has 0 saturated carbocycles. The zero-order chi connectivity index (χ0) is 13.0. The van der Waals surface area contributed by atoms with Gasteiger partial charge in [0, 0.05) is 10.9 Å². The van der Waals surface area contributed by atoms with Gasteiger partial charge in [-0.2, -0.15) is 0 Å². The normalized spacial score (nSPS) is 12.8. The van der Waals surface area contributed by atoms with Gasteiger partial charge in [0.05, 0.1) is 5.39 Å². The largest absolute Gasteiger partial charge is 0.367 e. The third kappa shape index (κ3) is 2.79. The van der Waals surface area contributed by atoms with Crippen LogP contribution in [-0.4, -0.2) is 22.6 Å². The first-order valence-corrected chi connectivity index (χ1v) is 7.30. The fraction of sp³-hybridized carbons (Fsp3) is 0.538. The van der Waals surface area contributed by atoms with Crippen molar-refractivity contribution in [3.63, 3.8) is 0 Å². The first-order valence-electron chi connectivity index (χ1n) is 6.48. The molecule has 0 fully saturated rings. The van der Waals surface area contributed by atoms with Crippen molar-refractivity contribution < 1.29 is 0 Å². The minimum Gasteiger partial charge on any atom is -0.367 e. The van der Waals surface area contributed by atoms with Crippen molar-refractivity contribution in [1.29, 1.82) is 0 Å². The van der Waals surface area contributed by atoms with Gasteiger partial charge in [0.1, 0.15) is 17.0 Å². The Morgan fingerprint density at radius 2 is 2.22 bits per heavy atom. The molecule has 1 unspecified atom stereocenters. The topological polar surface area (TPSA) is 63.8 Å². The summed E-state index contributed by atoms with van der Waals surface area (Å²) in [5.74, 6) is 0.941. The average Bonchev–Trinajstić information content (AvgIpc) is 2.82. The van der Waals surface area contributed by atoms with E-state index >= 15 is 0 Å². The molecule has 0 aliphatic rings. The van der Waals surface area contributed by atoms with Crippen LogP contribution in [0.15, 0.2) is 12.4 Å². The maximum Gasteiger partial charge on any atom is 0.138 e. The third-order valence-electron chi connectivity index (χ3n) is 3.08. The van der Waals surface area contributed by atoms with Gasteiger partial charge in [-0.1, -0.05) is 13.8 Å². The predicted molar refractivity (Wildman–Crippen MR) is 78.2 cm³/mol. The molecule has 0 aliphatic heterocycles. The zero-order valence-corrected chi connectivity index (χ0v) is 11.8. The Balaban J connectivity index is 2.29. The van der Waals surface area contributed by atoms with Gasteiger partial charge in [-0.3, -0.25) is 0 Å². The van der Waals surface area contributed by atoms with Crippen LogP contribution in [-0.2, 0) is 6.42 Å². The highest BCUT2D eigenvalue weighted by molar-refractivity contribution is 7.18. The number of anilines is 1. The Kier molecular flexibility index (Phi) is 4.49. The first-order chi connectivity index (χ1) is 8.78. The molecule has 2 aromatic rings. The fourth-order valence-corrected chi connectivity index (χ4v) is 2.90. The van der Waals surface area contributed by atoms with E-state index in [1.54, 1.807) is 17.7 Å². The van der Waals surface area contributed by atoms with Crippen molar-refractivity contribution in [3.8, 4) is 0 Å². The summed E-state index contributed by atoms with van der Waals surface area (Å²) in [6.45, 7) is 5.02. The minimum atomic E-state index is 0.387. The number of nitrogens with one attached hydrogen (secondary N) is 1. The van der Waals surface area contributed by atoms with Gasteiger partial charge >= 0.3 is 0 Å². The zero-order valence-electron chi connectivity index (χ0n) is 10.9. The van der Waals surface area contributed by atoms with Gasteiger partial charge in [-0.05, 0) is 31.9 Å². The highest BCUT2D eigenvalue weighted by Crippen LogP contribution is 2.29. The summed E-state index contributed by atoms with van der Waals surface area (Å²) in [5.41, 5.74) is 5.63. The second-order valence-electron chi connectivity index (χ2n) is 4.33. The second kappa shape index (κ2) is 6.11. The lowest BCUT2D eigenvalue weighted by Crippen LogP contribution is -2.22. The number of fused-ring (bicyclic) bond motifs is 1. The molecule has 3 N–H and O–H groups in total. The van der Waals surface area contributed by atoms with Crippen molar-refractivity contribution in [2.75, 3.05) is 11.9 Å². The van der Waals surface area contributed by atoms with Crippen LogP contribution in [0.5, 0.6) is 0 Å². The average molecular weight is 264 g/mol. The number of hydrogen-bond donors (Lipinski definition) is 2. The Labute approximate surface area is 112 Å². The number of thiophene rings is 1. The molecule has 0 radical (unpaired) electrons. The van der Waals surface area contributed by atoms with E-state index in [4.69, 9.17) is 5.73 Å². The number of nitrogens with two attached hydrogens (primary N) is 1. The molecule has 2 aromatic heterocycles. The van der Waals surface area contributed by atoms with Crippen LogP contribution in [0.1, 0.15) is 31.6 Å². The standard InChI is InChI=1S/C13H20N4S/c1-3-9(5-6-14)17-12-11-7-10(4-2)18-13(11)16-8-15-12/h7-9H,3-6,14H2,1-2H3,(H,15,16,17). The quantitative estimate of drug-likeness (QED) is 0.842. The molecule has 0 bridgehead atoms. The molecule has 0 amide bonds. The SMILES string of the molecule is CCc1cc2c(NC(CC)CCN)ncnc2s1. The molecule has 0 aliphatic carbocycles. The summed E-state index contributed by atoms with van der Waals surface area (Å²) in [4.78, 5) is 11.1. The summed E-state index contributed by atoms with van der Waals surface area (Å²) in [6.07, 6.45) is 4.69. The van der Waals surface area contributed by atoms with E-state index < -0.39 is 0 Å². The number of aromatic nitrogens is 2. The third-order valence-corrected chi connectivity index (χ3v) is 4.27. The van der Waals surface area contributed by atoms with E-state index in [1.807, 2.05) is 0 Å². The van der Waals surface area contributed by atoms with E-state index in [0.717, 1.165) is 35.3 Å². The Bertz CT molecular complexity index is 509. The maximum absolute atomic E-state index is 5.63. The van der Waals surface area contributed by atoms with Crippen molar-refractivity contribution in [3.05, 3.63) is 17.3 Å². The van der Waals surface area contributed by atoms with Gasteiger partial charge < -0.3 is 11.1 Å². The smallest absolute Gasteiger partial charge is 0.138 e. The molecular weight excluding hydrogens is 244 g/mol. The summed E-state index contributed by atoms with van der Waals surface area (Å²) in [7, 11) is 0. The van der Waals surface area contributed by atoms with E-state index in [1.165, 1.54) is 4.88 Å². The van der Waals surface area contributed by atoms with Crippen LogP contribution in [0.4, 0.5) is 5.82 Å². The number of nitrogens with zero attached hydrogens (tertiary/aromatic N) is 2. The van der Waals surface area contributed by atoms with Gasteiger partial charge in [0.15, 0.2) is 0 Å². The highest BCUT2D eigenvalue weighted by Gasteiger charge is 2.11. The molecule has 1 atom stereocenters. The minimum absolute atomic E-state index is 0.387. The molecule has 98 valence electrons. The molecular formula is C13H20N4S. The molecule has 2 heterocycles. The summed E-state index contributed by atoms with van der Waals surface area (Å²) >= 11 is 1.74. The molecule has 2 rings (SSSR count). The Hall–Kier alpha value is -1.20. The lowest BCUT2D eigenvalue weighted by Gasteiger charge is -2.16. The number of aryl methyl sites for hydroxylation is 1. The molecule has 4 nitrogen and oxygen atoms in total. The van der Waals surface area contributed by atoms with Crippen molar-refractivity contribution in [2.24, 2.45) is 5.73 Å². The predicted octanol–water partition coefficient (Wildman–Crippen LogP) is 2.79. The number of hydrogen-bond acceptors (Lipinski definition) is 5. The molecule has 0 saturated heterocycles. The highest BCUT2D eigenvalue weighted by atomic mass is 32.1. The van der Waals surface area contributed by atoms with Gasteiger partial charge in [-0.15, -0.1) is 11.3 Å². The van der Waals surface area contributed by atoms with E-state index in [-0.39, 0.29) is 0 Å². The van der Waals surface area contributed by atoms with Gasteiger partial charge in [-0.25, -0.2) is 9.97 Å². The lowest BCUT2D eigenvalue weighted by molar-refractivity contribution is 0.640. The molecule has 18 heavy (non-hydrogen) atoms. The van der Waals surface area contributed by atoms with Crippen LogP contribution in [0, 0.1) is 0 Å². The van der Waals surface area contributed by atoms with Crippen LogP contribution in [0.25, 0.3) is 10.2 Å². The molecule has 0 aromatic carbocycles. The molecule has 0 spiro atoms. The first kappa shape index (κ1) is 13.2. The van der Waals surface area contributed by atoms with Crippen molar-refractivity contribution >= 4 is 27.4 Å². The van der Waals surface area contributed by atoms with Crippen LogP contribution in [0.2, 0.25) is 0 Å². The Morgan fingerprint density at radius 1 is 1.39 bits per heavy atom. The maximum atomic E-state index is 5.63. The van der Waals surface area contributed by atoms with Crippen LogP contribution in [0.3, 0.4) is 0 Å². The van der Waals surface area contributed by atoms with E-state index in [9.17, 15) is 0 Å². The summed E-state index contributed by atoms with van der Waals surface area (Å²) in [6, 6.07) is 2.58. The van der Waals surface area contributed by atoms with Gasteiger partial charge in [0.25, 0.3) is 0 Å². The summed E-state index contributed by atoms with van der Waals surface area (Å²) in [5, 5.41) is 4.62. The lowest BCUT2D eigenvalue weighted by atomic mass is 10.1. The van der Waals surface area contributed by atoms with Gasteiger partial charge in [0.2, 0.25) is 0 Å². The second-order valence-corrected chi connectivity index (χ2v) is 5.45. The fourth-order valence-electron chi connectivity index (χ4n) is 1.97. The van der Waals surface area contributed by atoms with Crippen LogP contribution < -0.4 is 11.1 Å². The van der Waals surface area contributed by atoms with Crippen molar-refractivity contribution in [1.82, 2.24) is 9.97 Å². The summed E-state index contributed by atoms with van der Waals surface area (Å²) < 4.78 is 0. The van der Waals surface area contributed by atoms with E-state index in [2.05, 4.69) is 35.2 Å². The van der Waals surface area contributed by atoms with E-state index in [0.29, 0.717) is 12.6 Å².